The minimum Gasteiger partial charge on any atom is -0.508 e. The largest absolute Gasteiger partial charge is 0.508 e. The molecule has 9 aromatic rings. The summed E-state index contributed by atoms with van der Waals surface area (Å²) in [5.74, 6) is -4.77. The molecule has 1 heterocycles. The number of hydrogen-bond acceptors (Lipinski definition) is 8. The lowest BCUT2D eigenvalue weighted by atomic mass is 9.73. The summed E-state index contributed by atoms with van der Waals surface area (Å²) < 4.78 is 6.36. The molecule has 10 heteroatoms. The summed E-state index contributed by atoms with van der Waals surface area (Å²) in [4.78, 5) is 0. The Labute approximate surface area is 309 Å². The van der Waals surface area contributed by atoms with Gasteiger partial charge in [-0.2, -0.15) is 0 Å². The smallest absolute Gasteiger partial charge is 0.208 e. The van der Waals surface area contributed by atoms with Crippen molar-refractivity contribution in [1.29, 1.82) is 0 Å². The topological polar surface area (TPSA) is 155 Å². The van der Waals surface area contributed by atoms with Crippen LogP contribution < -0.4 is 10.9 Å². The predicted octanol–water partition coefficient (Wildman–Crippen LogP) is 7.02. The Morgan fingerprint density at radius 3 is 1.37 bits per heavy atom. The zero-order valence-corrected chi connectivity index (χ0v) is 29.0. The summed E-state index contributed by atoms with van der Waals surface area (Å²) >= 11 is 0. The predicted molar refractivity (Wildman–Crippen MR) is 218 cm³/mol. The Kier molecular flexibility index (Phi) is 7.22. The number of phenols is 7. The molecule has 0 bridgehead atoms. The maximum atomic E-state index is 12.0. The lowest BCUT2D eigenvalue weighted by molar-refractivity contribution is 0.330. The number of benzene rings is 8. The average molecular weight is 708 g/mol. The molecule has 0 saturated carbocycles. The molecule has 0 spiro atoms. The molecular weight excluding hydrogens is 678 g/mol. The van der Waals surface area contributed by atoms with Gasteiger partial charge in [0.2, 0.25) is 17.2 Å². The minimum atomic E-state index is -1.06. The molecule has 8 nitrogen and oxygen atoms in total. The number of furan rings is 1. The first-order valence-corrected chi connectivity index (χ1v) is 17.3. The fraction of sp³-hybridized carbons (Fsp3) is 0. The molecule has 0 saturated heterocycles. The van der Waals surface area contributed by atoms with Gasteiger partial charge in [-0.05, 0) is 78.5 Å². The fourth-order valence-electron chi connectivity index (χ4n) is 8.12. The fourth-order valence-corrected chi connectivity index (χ4v) is 8.12. The molecule has 9 rings (SSSR count). The molecule has 54 heavy (non-hydrogen) atoms. The third kappa shape index (κ3) is 4.53. The van der Waals surface area contributed by atoms with Gasteiger partial charge < -0.3 is 40.2 Å². The zero-order chi connectivity index (χ0) is 37.6. The Bertz CT molecular complexity index is 2930. The summed E-state index contributed by atoms with van der Waals surface area (Å²) in [5, 5.41) is 81.9. The maximum Gasteiger partial charge on any atom is 0.208 e. The van der Waals surface area contributed by atoms with Gasteiger partial charge >= 0.3 is 0 Å². The molecule has 7 N–H and O–H groups in total. The zero-order valence-electron chi connectivity index (χ0n) is 29.0. The van der Waals surface area contributed by atoms with E-state index in [2.05, 4.69) is 0 Å². The average Bonchev–Trinajstić information content (AvgIpc) is 3.57. The molecule has 0 unspecified atom stereocenters. The van der Waals surface area contributed by atoms with Crippen LogP contribution in [0.4, 0.5) is 0 Å². The van der Waals surface area contributed by atoms with Gasteiger partial charge in [-0.1, -0.05) is 97.1 Å². The highest BCUT2D eigenvalue weighted by Crippen LogP contribution is 2.57. The van der Waals surface area contributed by atoms with Crippen molar-refractivity contribution < 1.29 is 40.2 Å². The molecule has 0 amide bonds. The first-order valence-electron chi connectivity index (χ1n) is 17.3. The van der Waals surface area contributed by atoms with E-state index < -0.39 is 28.7 Å². The molecule has 8 aromatic carbocycles. The van der Waals surface area contributed by atoms with Crippen LogP contribution in [-0.4, -0.2) is 51.4 Å². The van der Waals surface area contributed by atoms with Crippen molar-refractivity contribution in [2.24, 2.45) is 0 Å². The van der Waals surface area contributed by atoms with Gasteiger partial charge in [0.1, 0.15) is 38.4 Å². The maximum absolute atomic E-state index is 12.0. The van der Waals surface area contributed by atoms with Gasteiger partial charge in [0.15, 0.2) is 11.5 Å². The highest BCUT2D eigenvalue weighted by Gasteiger charge is 2.29. The van der Waals surface area contributed by atoms with Gasteiger partial charge in [-0.15, -0.1) is 0 Å². The summed E-state index contributed by atoms with van der Waals surface area (Å²) in [6.45, 7) is 0. The first kappa shape index (κ1) is 32.7. The van der Waals surface area contributed by atoms with Crippen LogP contribution in [0.1, 0.15) is 0 Å². The van der Waals surface area contributed by atoms with E-state index in [1.165, 1.54) is 0 Å². The van der Waals surface area contributed by atoms with Crippen LogP contribution in [0.2, 0.25) is 0 Å². The lowest BCUT2D eigenvalue weighted by Crippen LogP contribution is -2.21. The highest BCUT2D eigenvalue weighted by atomic mass is 16.4. The van der Waals surface area contributed by atoms with E-state index in [4.69, 9.17) is 4.42 Å². The molecule has 0 aliphatic rings. The number of hydrogen-bond donors (Lipinski definition) is 7. The minimum absolute atomic E-state index is 0.0388. The van der Waals surface area contributed by atoms with E-state index in [0.717, 1.165) is 49.0 Å². The van der Waals surface area contributed by atoms with Crippen LogP contribution in [-0.2, 0) is 0 Å². The summed E-state index contributed by atoms with van der Waals surface area (Å²) in [5.41, 5.74) is 6.07. The molecule has 0 fully saturated rings. The second-order valence-corrected chi connectivity index (χ2v) is 13.5. The second kappa shape index (κ2) is 11.9. The van der Waals surface area contributed by atoms with Gasteiger partial charge in [-0.3, -0.25) is 0 Å². The van der Waals surface area contributed by atoms with Crippen LogP contribution in [0.5, 0.6) is 40.2 Å². The van der Waals surface area contributed by atoms with Gasteiger partial charge in [-0.25, -0.2) is 0 Å². The van der Waals surface area contributed by atoms with Crippen molar-refractivity contribution in [2.75, 3.05) is 0 Å². The van der Waals surface area contributed by atoms with Gasteiger partial charge in [0, 0.05) is 16.3 Å². The summed E-state index contributed by atoms with van der Waals surface area (Å²) in [6, 6.07) is 35.9. The number of aromatic hydroxyl groups is 7. The van der Waals surface area contributed by atoms with Gasteiger partial charge in [0.25, 0.3) is 0 Å². The van der Waals surface area contributed by atoms with Crippen LogP contribution in [0.25, 0.3) is 88.0 Å². The highest BCUT2D eigenvalue weighted by molar-refractivity contribution is 6.48. The third-order valence-electron chi connectivity index (χ3n) is 10.6. The number of para-hydroxylation sites is 1. The van der Waals surface area contributed by atoms with Crippen LogP contribution >= 0.6 is 0 Å². The Morgan fingerprint density at radius 2 is 0.815 bits per heavy atom. The third-order valence-corrected chi connectivity index (χ3v) is 10.6. The SMILES string of the molecule is Bc1c(O)c(-c2c3ccccc3c(-c3cc(-c4c(O)c(O)c(O)c(O)c4O)cc4oc5ccccc5c34)c3ccccc23)c(O)c(B)c1-c1ccccc1. The monoisotopic (exact) mass is 708 g/mol. The molecule has 260 valence electrons. The van der Waals surface area contributed by atoms with Crippen molar-refractivity contribution in [2.45, 2.75) is 0 Å². The van der Waals surface area contributed by atoms with Crippen molar-refractivity contribution in [1.82, 2.24) is 0 Å². The van der Waals surface area contributed by atoms with Crippen LogP contribution in [0.3, 0.4) is 0 Å². The molecule has 0 radical (unpaired) electrons. The first-order chi connectivity index (χ1) is 26.1. The van der Waals surface area contributed by atoms with E-state index in [0.29, 0.717) is 38.8 Å². The van der Waals surface area contributed by atoms with Crippen LogP contribution in [0, 0.1) is 0 Å². The van der Waals surface area contributed by atoms with E-state index in [1.54, 1.807) is 12.1 Å². The standard InChI is InChI=1S/C44H30B2O8/c45-36-30(20-10-2-1-3-11-20)37(46)39(48)35(38(36)47)34-24-14-6-4-12-22(24)32(23-13-5-7-15-25(23)34)27-18-21(31-40(49)42(51)44(53)43(52)41(31)50)19-29-33(27)26-16-8-9-17-28(26)54-29/h1-19,47-53H,45-46H2. The van der Waals surface area contributed by atoms with Crippen LogP contribution in [0.15, 0.2) is 120 Å². The van der Waals surface area contributed by atoms with Crippen molar-refractivity contribution >= 4 is 70.1 Å². The van der Waals surface area contributed by atoms with Crippen molar-refractivity contribution in [3.8, 4) is 84.8 Å². The quantitative estimate of drug-likeness (QED) is 0.0446. The number of fused-ring (bicyclic) bond motifs is 5. The molecule has 0 aliphatic carbocycles. The van der Waals surface area contributed by atoms with Crippen molar-refractivity contribution in [3.05, 3.63) is 115 Å². The number of rotatable bonds is 4. The Balaban J connectivity index is 1.44. The Morgan fingerprint density at radius 1 is 0.352 bits per heavy atom. The Hall–Kier alpha value is -7.19. The van der Waals surface area contributed by atoms with Crippen molar-refractivity contribution in [3.63, 3.8) is 0 Å². The molecule has 0 aliphatic heterocycles. The van der Waals surface area contributed by atoms with E-state index in [9.17, 15) is 35.7 Å². The van der Waals surface area contributed by atoms with E-state index in [-0.39, 0.29) is 22.6 Å². The lowest BCUT2D eigenvalue weighted by Gasteiger charge is -2.23. The normalized spacial score (nSPS) is 11.6. The molecule has 1 aromatic heterocycles. The molecular formula is C44H30B2O8. The van der Waals surface area contributed by atoms with Gasteiger partial charge in [0.05, 0.1) is 11.1 Å². The van der Waals surface area contributed by atoms with E-state index in [1.807, 2.05) is 119 Å². The summed E-state index contributed by atoms with van der Waals surface area (Å²) in [7, 11) is 3.70. The summed E-state index contributed by atoms with van der Waals surface area (Å²) in [6.07, 6.45) is 0. The second-order valence-electron chi connectivity index (χ2n) is 13.5. The van der Waals surface area contributed by atoms with E-state index >= 15 is 0 Å². The number of phenolic OH excluding ortho intramolecular Hbond substituents is 7. The molecule has 0 atom stereocenters.